The fourth-order valence-corrected chi connectivity index (χ4v) is 23.9. The molecule has 0 heterocycles. The van der Waals surface area contributed by atoms with Crippen LogP contribution < -0.4 is 0 Å². The lowest BCUT2D eigenvalue weighted by molar-refractivity contribution is 0.0579. The summed E-state index contributed by atoms with van der Waals surface area (Å²) in [5.41, 5.74) is 0. The molecule has 0 aromatic rings. The Morgan fingerprint density at radius 1 is 0.194 bits per heavy atom. The molecule has 334 valence electrons. The van der Waals surface area contributed by atoms with Crippen LogP contribution in [0.2, 0.25) is 0 Å². The van der Waals surface area contributed by atoms with Crippen molar-refractivity contribution in [3.05, 3.63) is 60.8 Å². The molecule has 0 aromatic heterocycles. The van der Waals surface area contributed by atoms with Crippen LogP contribution in [0.4, 0.5) is 0 Å². The maximum absolute atomic E-state index is 2.59. The summed E-state index contributed by atoms with van der Waals surface area (Å²) < 4.78 is 0. The fourth-order valence-electron chi connectivity index (χ4n) is 23.9. The van der Waals surface area contributed by atoms with Crippen molar-refractivity contribution >= 4 is 0 Å². The quantitative estimate of drug-likeness (QED) is 0.169. The van der Waals surface area contributed by atoms with Gasteiger partial charge in [0, 0.05) is 0 Å². The molecule has 14 saturated carbocycles. The Morgan fingerprint density at radius 3 is 0.984 bits per heavy atom. The molecular weight excluding hydrogens is 745 g/mol. The van der Waals surface area contributed by atoms with Crippen LogP contribution >= 0.6 is 0 Å². The van der Waals surface area contributed by atoms with Crippen LogP contribution in [0.1, 0.15) is 154 Å². The van der Waals surface area contributed by atoms with E-state index in [-0.39, 0.29) is 0 Å². The molecule has 0 saturated heterocycles. The zero-order chi connectivity index (χ0) is 40.2. The van der Waals surface area contributed by atoms with Crippen LogP contribution in [0.3, 0.4) is 0 Å². The first-order chi connectivity index (χ1) is 30.7. The highest BCUT2D eigenvalue weighted by molar-refractivity contribution is 5.23. The van der Waals surface area contributed by atoms with E-state index in [4.69, 9.17) is 0 Å². The molecule has 16 bridgehead atoms. The number of allylic oxidation sites excluding steroid dienone is 10. The van der Waals surface area contributed by atoms with Gasteiger partial charge in [0.05, 0.1) is 0 Å². The molecule has 0 spiro atoms. The molecule has 0 aromatic carbocycles. The van der Waals surface area contributed by atoms with Gasteiger partial charge >= 0.3 is 0 Å². The minimum absolute atomic E-state index is 0.991. The van der Waals surface area contributed by atoms with Crippen molar-refractivity contribution in [3.8, 4) is 0 Å². The first-order valence-electron chi connectivity index (χ1n) is 29.1. The second-order valence-electron chi connectivity index (χ2n) is 27.4. The second kappa shape index (κ2) is 15.1. The fraction of sp³-hybridized carbons (Fsp3) is 0.839. The normalized spacial score (nSPS) is 60.6. The van der Waals surface area contributed by atoms with Gasteiger partial charge < -0.3 is 0 Å². The summed E-state index contributed by atoms with van der Waals surface area (Å²) in [5, 5.41) is 0. The molecule has 0 nitrogen and oxygen atoms in total. The summed E-state index contributed by atoms with van der Waals surface area (Å²) in [7, 11) is 0. The molecule has 0 radical (unpaired) electrons. The number of hydrogen-bond donors (Lipinski definition) is 0. The molecule has 19 aliphatic rings. The molecule has 0 heteroatoms. The van der Waals surface area contributed by atoms with Crippen molar-refractivity contribution in [3.63, 3.8) is 0 Å². The Bertz CT molecular complexity index is 1740. The largest absolute Gasteiger partial charge is 0.0851 e. The maximum Gasteiger partial charge on any atom is -0.0194 e. The van der Waals surface area contributed by atoms with E-state index in [0.29, 0.717) is 0 Å². The molecular formula is C62H86. The number of fused-ring (bicyclic) bond motifs is 38. The first kappa shape index (κ1) is 38.8. The Hall–Kier alpha value is -1.30. The standard InChI is InChI=1S/2C16H22.C12H16.C11H16.C7H10/c1-2-10-5-9(1)13-7-15-11-3-4-12(6-11)16(15)8-14(10)13;1-2-4-12-11(3-1)13-8-14(12)16-10-6-5-9(7-10)15(13)16;1-2-8-5-7(1)11-9-3-4-10(6-9)12(8)11;1-2-4-11-9-6-5-8(7-9)10(11)3-1;1-2-7-4-3-6(1)5-7/h1-2,9-16H,3-8H2;5-6,9-16H,1-4,7-8H2;1-2,7-12H,3-6H2;5-6,8-11H,1-4,7H2;1-2,6-7H,3-5H2. The third kappa shape index (κ3) is 5.99. The average Bonchev–Trinajstić information content (AvgIpc) is 4.16. The van der Waals surface area contributed by atoms with Crippen molar-refractivity contribution in [1.82, 2.24) is 0 Å². The zero-order valence-corrected chi connectivity index (χ0v) is 38.9. The lowest BCUT2D eigenvalue weighted by Crippen LogP contribution is -2.38. The summed E-state index contributed by atoms with van der Waals surface area (Å²) in [6.45, 7) is 0. The molecule has 28 unspecified atom stereocenters. The monoisotopic (exact) mass is 831 g/mol. The van der Waals surface area contributed by atoms with Gasteiger partial charge in [-0.15, -0.1) is 0 Å². The third-order valence-corrected chi connectivity index (χ3v) is 25.7. The summed E-state index contributed by atoms with van der Waals surface area (Å²) >= 11 is 0. The Kier molecular flexibility index (Phi) is 9.45. The first-order valence-corrected chi connectivity index (χ1v) is 29.1. The van der Waals surface area contributed by atoms with Crippen molar-refractivity contribution < 1.29 is 0 Å². The number of rotatable bonds is 0. The Labute approximate surface area is 378 Å². The number of hydrogen-bond acceptors (Lipinski definition) is 0. The summed E-state index contributed by atoms with van der Waals surface area (Å²) in [4.78, 5) is 0. The van der Waals surface area contributed by atoms with Crippen LogP contribution in [0.5, 0.6) is 0 Å². The van der Waals surface area contributed by atoms with Gasteiger partial charge in [-0.1, -0.05) is 86.4 Å². The Balaban J connectivity index is 0.0000000746. The van der Waals surface area contributed by atoms with Crippen LogP contribution in [-0.4, -0.2) is 0 Å². The molecule has 0 aliphatic heterocycles. The van der Waals surface area contributed by atoms with E-state index in [1.54, 1.807) is 89.9 Å². The lowest BCUT2D eigenvalue weighted by atomic mass is 9.61. The van der Waals surface area contributed by atoms with Crippen molar-refractivity contribution in [2.24, 2.45) is 166 Å². The van der Waals surface area contributed by atoms with Crippen LogP contribution in [0.15, 0.2) is 60.8 Å². The van der Waals surface area contributed by atoms with Gasteiger partial charge in [0.1, 0.15) is 0 Å². The maximum atomic E-state index is 2.59. The van der Waals surface area contributed by atoms with Gasteiger partial charge in [0.15, 0.2) is 0 Å². The van der Waals surface area contributed by atoms with E-state index in [2.05, 4.69) is 60.8 Å². The molecule has 14 fully saturated rings. The smallest absolute Gasteiger partial charge is 0.0194 e. The van der Waals surface area contributed by atoms with Gasteiger partial charge in [-0.2, -0.15) is 0 Å². The molecule has 0 N–H and O–H groups in total. The molecule has 28 atom stereocenters. The zero-order valence-electron chi connectivity index (χ0n) is 38.9. The van der Waals surface area contributed by atoms with E-state index in [0.717, 1.165) is 118 Å². The van der Waals surface area contributed by atoms with E-state index >= 15 is 0 Å². The van der Waals surface area contributed by atoms with Gasteiger partial charge in [-0.25, -0.2) is 0 Å². The topological polar surface area (TPSA) is 0 Å². The molecule has 19 aliphatic carbocycles. The van der Waals surface area contributed by atoms with Crippen molar-refractivity contribution in [2.45, 2.75) is 154 Å². The molecule has 62 heavy (non-hydrogen) atoms. The van der Waals surface area contributed by atoms with E-state index in [9.17, 15) is 0 Å². The molecule has 0 amide bonds. The van der Waals surface area contributed by atoms with E-state index in [1.165, 1.54) is 112 Å². The van der Waals surface area contributed by atoms with Crippen molar-refractivity contribution in [2.75, 3.05) is 0 Å². The Morgan fingerprint density at radius 2 is 0.548 bits per heavy atom. The van der Waals surface area contributed by atoms with E-state index < -0.39 is 0 Å². The van der Waals surface area contributed by atoms with Gasteiger partial charge in [-0.05, 0) is 294 Å². The summed E-state index contributed by atoms with van der Waals surface area (Å²) in [5.74, 6) is 30.8. The summed E-state index contributed by atoms with van der Waals surface area (Å²) in [6.07, 6.45) is 62.5. The van der Waals surface area contributed by atoms with Crippen molar-refractivity contribution in [1.29, 1.82) is 0 Å². The highest BCUT2D eigenvalue weighted by Crippen LogP contribution is 2.71. The van der Waals surface area contributed by atoms with E-state index in [1.807, 2.05) is 0 Å². The minimum Gasteiger partial charge on any atom is -0.0851 e. The van der Waals surface area contributed by atoms with Gasteiger partial charge in [0.25, 0.3) is 0 Å². The highest BCUT2D eigenvalue weighted by Gasteiger charge is 2.64. The van der Waals surface area contributed by atoms with Crippen LogP contribution in [0, 0.1) is 166 Å². The molecule has 19 rings (SSSR count). The van der Waals surface area contributed by atoms with Gasteiger partial charge in [-0.3, -0.25) is 0 Å². The predicted molar refractivity (Wildman–Crippen MR) is 254 cm³/mol. The lowest BCUT2D eigenvalue weighted by Gasteiger charge is -2.44. The highest BCUT2D eigenvalue weighted by atomic mass is 14.7. The predicted octanol–water partition coefficient (Wildman–Crippen LogP) is 15.6. The minimum atomic E-state index is 0.991. The SMILES string of the molecule is C1=CC2CC1C1C3CC(C4CCCCC43)C21.C1=CC2CC1C1C3CCC(C3)C21.C1=CC2CC1C1CC3C4CCC(C4)C3CC21.C1=CC2CC1C1CCCCC21.C1=CC2CCC1C2. The van der Waals surface area contributed by atoms with Crippen LogP contribution in [0.25, 0.3) is 0 Å². The third-order valence-electron chi connectivity index (χ3n) is 25.7. The van der Waals surface area contributed by atoms with Gasteiger partial charge in [0.2, 0.25) is 0 Å². The summed E-state index contributed by atoms with van der Waals surface area (Å²) in [6, 6.07) is 0. The van der Waals surface area contributed by atoms with Crippen LogP contribution in [-0.2, 0) is 0 Å². The second-order valence-corrected chi connectivity index (χ2v) is 27.4. The average molecular weight is 831 g/mol.